The van der Waals surface area contributed by atoms with Gasteiger partial charge in [0.2, 0.25) is 5.91 Å². The van der Waals surface area contributed by atoms with E-state index in [-0.39, 0.29) is 23.9 Å². The van der Waals surface area contributed by atoms with Gasteiger partial charge in [-0.1, -0.05) is 25.7 Å². The molecule has 2 aromatic rings. The van der Waals surface area contributed by atoms with Crippen LogP contribution in [0.25, 0.3) is 0 Å². The molecule has 34 heavy (non-hydrogen) atoms. The normalized spacial score (nSPS) is 14.7. The van der Waals surface area contributed by atoms with E-state index in [1.807, 2.05) is 0 Å². The van der Waals surface area contributed by atoms with Gasteiger partial charge in [0.1, 0.15) is 6.04 Å². The highest BCUT2D eigenvalue weighted by molar-refractivity contribution is 7.15. The summed E-state index contributed by atoms with van der Waals surface area (Å²) in [7, 11) is 0. The van der Waals surface area contributed by atoms with Crippen LogP contribution in [0, 0.1) is 5.92 Å². The van der Waals surface area contributed by atoms with E-state index >= 15 is 0 Å². The molecule has 186 valence electrons. The molecular formula is C21H24F3N3O6S. The first-order valence-corrected chi connectivity index (χ1v) is 11.1. The average Bonchev–Trinajstić information content (AvgIpc) is 3.37. The monoisotopic (exact) mass is 503 g/mol. The van der Waals surface area contributed by atoms with Crippen LogP contribution in [0.4, 0.5) is 18.3 Å². The molecule has 2 aromatic heterocycles. The van der Waals surface area contributed by atoms with Crippen molar-refractivity contribution in [2.24, 2.45) is 5.92 Å². The molecule has 0 aliphatic heterocycles. The van der Waals surface area contributed by atoms with Crippen LogP contribution in [-0.2, 0) is 27.0 Å². The van der Waals surface area contributed by atoms with Crippen molar-refractivity contribution in [2.45, 2.75) is 57.7 Å². The second-order valence-electron chi connectivity index (χ2n) is 7.77. The highest BCUT2D eigenvalue weighted by Gasteiger charge is 2.33. The largest absolute Gasteiger partial charge is 0.481 e. The van der Waals surface area contributed by atoms with Crippen molar-refractivity contribution in [3.63, 3.8) is 0 Å². The number of pyridine rings is 1. The summed E-state index contributed by atoms with van der Waals surface area (Å²) in [6, 6.07) is 0.379. The smallest absolute Gasteiger partial charge is 0.417 e. The predicted molar refractivity (Wildman–Crippen MR) is 117 cm³/mol. The molecule has 1 amide bonds. The van der Waals surface area contributed by atoms with Crippen LogP contribution < -0.4 is 10.9 Å². The molecule has 1 aliphatic rings. The molecule has 9 nitrogen and oxygen atoms in total. The third-order valence-electron chi connectivity index (χ3n) is 5.04. The maximum absolute atomic E-state index is 13.2. The Labute approximate surface area is 196 Å². The summed E-state index contributed by atoms with van der Waals surface area (Å²) in [6.45, 7) is 1.08. The topological polar surface area (TPSA) is 139 Å². The number of aromatic nitrogens is 2. The van der Waals surface area contributed by atoms with Gasteiger partial charge in [0.05, 0.1) is 12.0 Å². The number of carboxylic acids is 2. The molecule has 0 radical (unpaired) electrons. The highest BCUT2D eigenvalue weighted by atomic mass is 32.1. The second kappa shape index (κ2) is 11.8. The number of carbonyl (C=O) groups excluding carboxylic acids is 1. The van der Waals surface area contributed by atoms with E-state index in [1.54, 1.807) is 0 Å². The van der Waals surface area contributed by atoms with Crippen molar-refractivity contribution in [3.8, 4) is 0 Å². The predicted octanol–water partition coefficient (Wildman–Crippen LogP) is 3.80. The fourth-order valence-corrected chi connectivity index (χ4v) is 4.41. The van der Waals surface area contributed by atoms with E-state index in [0.717, 1.165) is 54.6 Å². The standard InChI is InChI=1S/C19H20F3N3O4S.C2H4O2/c20-19(21,22)12-5-6-15(26)25(10-12)14(7-11-3-1-2-4-11)17(29)24-18-23-9-13(30-18)8-16(27)28;1-2(3)4/h5-6,9-11,14H,1-4,7-8H2,(H,27,28)(H,23,24,29);1H3,(H,3,4)/t14-;/m0./s1. The molecule has 1 fully saturated rings. The van der Waals surface area contributed by atoms with Crippen LogP contribution in [0.15, 0.2) is 29.3 Å². The Morgan fingerprint density at radius 3 is 2.41 bits per heavy atom. The maximum atomic E-state index is 13.2. The molecule has 1 atom stereocenters. The number of alkyl halides is 3. The fraction of sp³-hybridized carbons (Fsp3) is 0.476. The number of hydrogen-bond donors (Lipinski definition) is 3. The zero-order valence-electron chi connectivity index (χ0n) is 18.2. The van der Waals surface area contributed by atoms with Crippen LogP contribution in [0.5, 0.6) is 0 Å². The van der Waals surface area contributed by atoms with Crippen LogP contribution >= 0.6 is 11.3 Å². The van der Waals surface area contributed by atoms with E-state index in [9.17, 15) is 27.6 Å². The molecule has 0 aromatic carbocycles. The van der Waals surface area contributed by atoms with Crippen molar-refractivity contribution in [1.29, 1.82) is 0 Å². The first kappa shape index (κ1) is 27.0. The van der Waals surface area contributed by atoms with Crippen molar-refractivity contribution >= 4 is 34.3 Å². The highest BCUT2D eigenvalue weighted by Crippen LogP contribution is 2.34. The summed E-state index contributed by atoms with van der Waals surface area (Å²) in [5.74, 6) is -2.41. The second-order valence-corrected chi connectivity index (χ2v) is 8.89. The summed E-state index contributed by atoms with van der Waals surface area (Å²) < 4.78 is 40.3. The lowest BCUT2D eigenvalue weighted by Gasteiger charge is -2.23. The quantitative estimate of drug-likeness (QED) is 0.522. The first-order valence-electron chi connectivity index (χ1n) is 10.3. The third kappa shape index (κ3) is 8.28. The Morgan fingerprint density at radius 2 is 1.85 bits per heavy atom. The van der Waals surface area contributed by atoms with Crippen molar-refractivity contribution in [2.75, 3.05) is 5.32 Å². The van der Waals surface area contributed by atoms with Crippen molar-refractivity contribution in [1.82, 2.24) is 9.55 Å². The molecule has 0 spiro atoms. The van der Waals surface area contributed by atoms with Gasteiger partial charge in [0, 0.05) is 30.3 Å². The number of nitrogens with zero attached hydrogens (tertiary/aromatic N) is 2. The summed E-state index contributed by atoms with van der Waals surface area (Å²) in [6.07, 6.45) is 0.964. The van der Waals surface area contributed by atoms with Gasteiger partial charge < -0.3 is 20.1 Å². The number of amides is 1. The Balaban J connectivity index is 0.000000945. The molecule has 3 rings (SSSR count). The number of rotatable bonds is 7. The Morgan fingerprint density at radius 1 is 1.24 bits per heavy atom. The summed E-state index contributed by atoms with van der Waals surface area (Å²) in [5, 5.41) is 18.9. The van der Waals surface area contributed by atoms with Gasteiger partial charge in [-0.15, -0.1) is 11.3 Å². The molecule has 1 saturated carbocycles. The van der Waals surface area contributed by atoms with Gasteiger partial charge >= 0.3 is 12.1 Å². The van der Waals surface area contributed by atoms with Crippen LogP contribution in [0.1, 0.15) is 55.5 Å². The van der Waals surface area contributed by atoms with Crippen LogP contribution in [0.3, 0.4) is 0 Å². The van der Waals surface area contributed by atoms with Crippen LogP contribution in [0.2, 0.25) is 0 Å². The van der Waals surface area contributed by atoms with Gasteiger partial charge in [0.15, 0.2) is 5.13 Å². The maximum Gasteiger partial charge on any atom is 0.417 e. The van der Waals surface area contributed by atoms with E-state index in [2.05, 4.69) is 10.3 Å². The fourth-order valence-electron chi connectivity index (χ4n) is 3.61. The zero-order valence-corrected chi connectivity index (χ0v) is 19.0. The zero-order chi connectivity index (χ0) is 25.5. The minimum Gasteiger partial charge on any atom is -0.481 e. The van der Waals surface area contributed by atoms with E-state index < -0.39 is 41.2 Å². The number of hydrogen-bond acceptors (Lipinski definition) is 6. The summed E-state index contributed by atoms with van der Waals surface area (Å²) in [5.41, 5.74) is -1.71. The Hall–Kier alpha value is -3.22. The number of nitrogens with one attached hydrogen (secondary N) is 1. The van der Waals surface area contributed by atoms with Gasteiger partial charge in [0.25, 0.3) is 11.5 Å². The van der Waals surface area contributed by atoms with Crippen molar-refractivity contribution < 1.29 is 37.8 Å². The number of carboxylic acid groups (broad SMARTS) is 2. The minimum absolute atomic E-state index is 0.126. The van der Waals surface area contributed by atoms with E-state index in [0.29, 0.717) is 17.1 Å². The first-order chi connectivity index (χ1) is 15.9. The Kier molecular flexibility index (Phi) is 9.36. The number of halogens is 3. The van der Waals surface area contributed by atoms with Gasteiger partial charge in [-0.2, -0.15) is 13.2 Å². The number of carbonyl (C=O) groups is 3. The van der Waals surface area contributed by atoms with E-state index in [4.69, 9.17) is 15.0 Å². The lowest BCUT2D eigenvalue weighted by atomic mass is 9.97. The summed E-state index contributed by atoms with van der Waals surface area (Å²) in [4.78, 5) is 49.4. The molecule has 0 saturated heterocycles. The molecule has 2 heterocycles. The number of aliphatic carboxylic acids is 2. The van der Waals surface area contributed by atoms with Gasteiger partial charge in [-0.05, 0) is 18.4 Å². The minimum atomic E-state index is -4.65. The molecule has 3 N–H and O–H groups in total. The Bertz CT molecular complexity index is 1070. The molecule has 1 aliphatic carbocycles. The van der Waals surface area contributed by atoms with Crippen LogP contribution in [-0.4, -0.2) is 37.6 Å². The molecule has 0 unspecified atom stereocenters. The lowest BCUT2D eigenvalue weighted by Crippen LogP contribution is -2.34. The average molecular weight is 503 g/mol. The molecule has 13 heteroatoms. The summed E-state index contributed by atoms with van der Waals surface area (Å²) >= 11 is 0.965. The molecular weight excluding hydrogens is 479 g/mol. The van der Waals surface area contributed by atoms with E-state index in [1.165, 1.54) is 6.20 Å². The SMILES string of the molecule is CC(=O)O.O=C(O)Cc1cnc(NC(=O)[C@H](CC2CCCC2)n2cc(C(F)(F)F)ccc2=O)s1. The lowest BCUT2D eigenvalue weighted by molar-refractivity contribution is -0.138. The van der Waals surface area contributed by atoms with Gasteiger partial charge in [-0.3, -0.25) is 19.2 Å². The van der Waals surface area contributed by atoms with Crippen molar-refractivity contribution in [3.05, 3.63) is 45.3 Å². The van der Waals surface area contributed by atoms with Gasteiger partial charge in [-0.25, -0.2) is 4.98 Å². The molecule has 0 bridgehead atoms. The number of anilines is 1. The number of thiazole rings is 1. The third-order valence-corrected chi connectivity index (χ3v) is 5.96.